The topological polar surface area (TPSA) is 92.3 Å². The number of thiophene rings is 1. The molecule has 1 fully saturated rings. The molecule has 0 radical (unpaired) electrons. The molecular weight excluding hydrogens is 506 g/mol. The Kier molecular flexibility index (Phi) is 7.76. The third-order valence-electron chi connectivity index (χ3n) is 7.44. The lowest BCUT2D eigenvalue weighted by molar-refractivity contribution is -0.142. The Balaban J connectivity index is 1.58. The third-order valence-corrected chi connectivity index (χ3v) is 8.47. The van der Waals surface area contributed by atoms with Crippen LogP contribution in [0.4, 0.5) is 0 Å². The first-order chi connectivity index (χ1) is 18.4. The predicted octanol–water partition coefficient (Wildman–Crippen LogP) is 4.86. The van der Waals surface area contributed by atoms with E-state index in [2.05, 4.69) is 11.4 Å². The molecule has 38 heavy (non-hydrogen) atoms. The molecule has 1 saturated heterocycles. The van der Waals surface area contributed by atoms with E-state index < -0.39 is 11.9 Å². The number of Topliss-reactive ketones (excluding diaryl/α,β-unsaturated/α-hetero) is 1. The van der Waals surface area contributed by atoms with Crippen LogP contribution in [0.25, 0.3) is 0 Å². The van der Waals surface area contributed by atoms with E-state index in [1.165, 1.54) is 4.88 Å². The minimum absolute atomic E-state index is 0.00725. The van der Waals surface area contributed by atoms with Gasteiger partial charge in [-0.2, -0.15) is 0 Å². The maximum absolute atomic E-state index is 13.8. The molecule has 1 aromatic carbocycles. The number of allylic oxidation sites excluding steroid dienone is 3. The molecule has 0 amide bonds. The number of nitrogens with one attached hydrogen (secondary N) is 1. The van der Waals surface area contributed by atoms with E-state index in [1.54, 1.807) is 44.8 Å². The number of hydrogen-bond donors (Lipinski definition) is 1. The minimum Gasteiger partial charge on any atom is -0.493 e. The SMILES string of the molecule is COc1cc([C@@H]2C(C(=O)OC[C@@H]3CCCO3)=C(C)NC3=C2C(=O)C[C@H](c2cccs2)C3)cc(OC)c1OC. The summed E-state index contributed by atoms with van der Waals surface area (Å²) in [6, 6.07) is 7.70. The first kappa shape index (κ1) is 26.3. The van der Waals surface area contributed by atoms with Crippen molar-refractivity contribution in [2.24, 2.45) is 0 Å². The van der Waals surface area contributed by atoms with Crippen LogP contribution >= 0.6 is 11.3 Å². The van der Waals surface area contributed by atoms with Gasteiger partial charge in [-0.05, 0) is 55.3 Å². The van der Waals surface area contributed by atoms with E-state index >= 15 is 0 Å². The lowest BCUT2D eigenvalue weighted by atomic mass is 9.72. The number of methoxy groups -OCH3 is 3. The molecule has 0 saturated carbocycles. The van der Waals surface area contributed by atoms with Crippen molar-refractivity contribution in [2.45, 2.75) is 50.5 Å². The second kappa shape index (κ2) is 11.2. The van der Waals surface area contributed by atoms with Gasteiger partial charge in [-0.15, -0.1) is 11.3 Å². The van der Waals surface area contributed by atoms with Crippen molar-refractivity contribution < 1.29 is 33.3 Å². The van der Waals surface area contributed by atoms with Crippen molar-refractivity contribution in [3.63, 3.8) is 0 Å². The summed E-state index contributed by atoms with van der Waals surface area (Å²) in [6.45, 7) is 2.71. The van der Waals surface area contributed by atoms with E-state index in [0.29, 0.717) is 59.1 Å². The highest BCUT2D eigenvalue weighted by molar-refractivity contribution is 7.10. The molecule has 0 spiro atoms. The number of hydrogen-bond acceptors (Lipinski definition) is 9. The van der Waals surface area contributed by atoms with Gasteiger partial charge >= 0.3 is 5.97 Å². The molecule has 1 aromatic heterocycles. The van der Waals surface area contributed by atoms with Crippen molar-refractivity contribution >= 4 is 23.1 Å². The number of rotatable bonds is 8. The van der Waals surface area contributed by atoms with Crippen molar-refractivity contribution in [1.29, 1.82) is 0 Å². The molecule has 3 atom stereocenters. The molecule has 2 aliphatic heterocycles. The molecule has 5 rings (SSSR count). The monoisotopic (exact) mass is 539 g/mol. The zero-order valence-electron chi connectivity index (χ0n) is 22.1. The fourth-order valence-corrected chi connectivity index (χ4v) is 6.49. The summed E-state index contributed by atoms with van der Waals surface area (Å²) in [7, 11) is 4.63. The van der Waals surface area contributed by atoms with E-state index in [9.17, 15) is 9.59 Å². The average Bonchev–Trinajstić information content (AvgIpc) is 3.65. The summed E-state index contributed by atoms with van der Waals surface area (Å²) in [6.07, 6.45) is 2.76. The predicted molar refractivity (Wildman–Crippen MR) is 143 cm³/mol. The van der Waals surface area contributed by atoms with Gasteiger partial charge in [0.05, 0.1) is 33.0 Å². The van der Waals surface area contributed by atoms with E-state index in [-0.39, 0.29) is 24.4 Å². The van der Waals surface area contributed by atoms with Crippen LogP contribution in [-0.4, -0.2) is 52.4 Å². The molecule has 1 N–H and O–H groups in total. The molecule has 8 nitrogen and oxygen atoms in total. The summed E-state index contributed by atoms with van der Waals surface area (Å²) >= 11 is 1.66. The number of benzene rings is 1. The molecule has 202 valence electrons. The lowest BCUT2D eigenvalue weighted by Gasteiger charge is -2.36. The highest BCUT2D eigenvalue weighted by Crippen LogP contribution is 2.49. The van der Waals surface area contributed by atoms with Crippen LogP contribution in [0, 0.1) is 0 Å². The van der Waals surface area contributed by atoms with Crippen molar-refractivity contribution in [3.8, 4) is 17.2 Å². The Morgan fingerprint density at radius 3 is 2.50 bits per heavy atom. The van der Waals surface area contributed by atoms with Crippen molar-refractivity contribution in [2.75, 3.05) is 34.5 Å². The smallest absolute Gasteiger partial charge is 0.336 e. The fraction of sp³-hybridized carbons (Fsp3) is 0.448. The normalized spacial score (nSPS) is 23.2. The highest BCUT2D eigenvalue weighted by Gasteiger charge is 2.42. The molecule has 0 bridgehead atoms. The average molecular weight is 540 g/mol. The zero-order valence-corrected chi connectivity index (χ0v) is 22.9. The quantitative estimate of drug-likeness (QED) is 0.476. The van der Waals surface area contributed by atoms with Gasteiger partial charge in [0.15, 0.2) is 17.3 Å². The Morgan fingerprint density at radius 1 is 1.13 bits per heavy atom. The molecule has 3 aliphatic rings. The fourth-order valence-electron chi connectivity index (χ4n) is 5.66. The van der Waals surface area contributed by atoms with E-state index in [0.717, 1.165) is 18.5 Å². The van der Waals surface area contributed by atoms with Gasteiger partial charge in [0.25, 0.3) is 0 Å². The molecule has 2 aromatic rings. The largest absolute Gasteiger partial charge is 0.493 e. The van der Waals surface area contributed by atoms with Crippen LogP contribution in [0.2, 0.25) is 0 Å². The number of esters is 1. The van der Waals surface area contributed by atoms with Gasteiger partial charge in [-0.3, -0.25) is 4.79 Å². The molecule has 9 heteroatoms. The standard InChI is InChI=1S/C29H33NO7S/c1-16-25(29(32)37-15-19-7-5-9-36-19)26(18-13-22(33-2)28(35-4)23(14-18)34-3)27-20(30-16)11-17(12-21(27)31)24-8-6-10-38-24/h6,8,10,13-14,17,19,26,30H,5,7,9,11-12,15H2,1-4H3/t17-,19+,26-/m1/s1. The highest BCUT2D eigenvalue weighted by atomic mass is 32.1. The Labute approximate surface area is 226 Å². The summed E-state index contributed by atoms with van der Waals surface area (Å²) < 4.78 is 28.1. The van der Waals surface area contributed by atoms with E-state index in [4.69, 9.17) is 23.7 Å². The van der Waals surface area contributed by atoms with Gasteiger partial charge in [-0.25, -0.2) is 4.79 Å². The Hall–Kier alpha value is -3.30. The maximum Gasteiger partial charge on any atom is 0.336 e. The maximum atomic E-state index is 13.8. The van der Waals surface area contributed by atoms with Gasteiger partial charge in [-0.1, -0.05) is 6.07 Å². The van der Waals surface area contributed by atoms with Crippen LogP contribution in [0.15, 0.2) is 52.2 Å². The molecule has 3 heterocycles. The molecular formula is C29H33NO7S. The third kappa shape index (κ3) is 4.92. The summed E-state index contributed by atoms with van der Waals surface area (Å²) in [5, 5.41) is 5.43. The minimum atomic E-state index is -0.645. The number of dihydropyridines is 1. The van der Waals surface area contributed by atoms with Crippen LogP contribution in [0.5, 0.6) is 17.2 Å². The zero-order chi connectivity index (χ0) is 26.8. The van der Waals surface area contributed by atoms with Crippen LogP contribution in [0.1, 0.15) is 54.9 Å². The summed E-state index contributed by atoms with van der Waals surface area (Å²) in [5.74, 6) is 0.331. The van der Waals surface area contributed by atoms with Gasteiger partial charge in [0, 0.05) is 46.7 Å². The second-order valence-corrected chi connectivity index (χ2v) is 10.7. The number of ketones is 1. The first-order valence-corrected chi connectivity index (χ1v) is 13.7. The lowest BCUT2D eigenvalue weighted by Crippen LogP contribution is -2.36. The Morgan fingerprint density at radius 2 is 1.89 bits per heavy atom. The van der Waals surface area contributed by atoms with Crippen molar-refractivity contribution in [1.82, 2.24) is 5.32 Å². The van der Waals surface area contributed by atoms with Gasteiger partial charge in [0.2, 0.25) is 5.75 Å². The molecule has 0 unspecified atom stereocenters. The number of carbonyl (C=O) groups is 2. The number of ether oxygens (including phenoxy) is 5. The summed E-state index contributed by atoms with van der Waals surface area (Å²) in [4.78, 5) is 28.6. The molecule has 1 aliphatic carbocycles. The Bertz CT molecular complexity index is 1250. The first-order valence-electron chi connectivity index (χ1n) is 12.8. The second-order valence-electron chi connectivity index (χ2n) is 9.72. The van der Waals surface area contributed by atoms with Gasteiger partial charge < -0.3 is 29.0 Å². The van der Waals surface area contributed by atoms with Crippen molar-refractivity contribution in [3.05, 3.63) is 62.6 Å². The van der Waals surface area contributed by atoms with E-state index in [1.807, 2.05) is 18.4 Å². The van der Waals surface area contributed by atoms with Gasteiger partial charge in [0.1, 0.15) is 6.61 Å². The van der Waals surface area contributed by atoms with Crippen LogP contribution < -0.4 is 19.5 Å². The van der Waals surface area contributed by atoms with Crippen LogP contribution in [0.3, 0.4) is 0 Å². The number of carbonyl (C=O) groups excluding carboxylic acids is 2. The summed E-state index contributed by atoms with van der Waals surface area (Å²) in [5.41, 5.74) is 3.19. The van der Waals surface area contributed by atoms with Crippen LogP contribution in [-0.2, 0) is 19.1 Å².